The zero-order valence-corrected chi connectivity index (χ0v) is 19.0. The van der Waals surface area contributed by atoms with E-state index in [9.17, 15) is 22.0 Å². The van der Waals surface area contributed by atoms with Gasteiger partial charge in [0.15, 0.2) is 0 Å². The Balaban J connectivity index is 1.62. The summed E-state index contributed by atoms with van der Waals surface area (Å²) < 4.78 is 82.2. The van der Waals surface area contributed by atoms with Crippen molar-refractivity contribution in [3.05, 3.63) is 82.2 Å². The molecule has 0 aromatic heterocycles. The van der Waals surface area contributed by atoms with Crippen LogP contribution in [0.4, 0.5) is 26.3 Å². The van der Waals surface area contributed by atoms with Gasteiger partial charge in [0.05, 0.1) is 0 Å². The third kappa shape index (κ3) is 4.86. The van der Waals surface area contributed by atoms with E-state index in [1.54, 1.807) is 6.07 Å². The van der Waals surface area contributed by atoms with E-state index in [-0.39, 0.29) is 11.1 Å². The second-order valence-electron chi connectivity index (χ2n) is 8.92. The molecule has 0 spiro atoms. The molecule has 0 N–H and O–H groups in total. The van der Waals surface area contributed by atoms with E-state index in [4.69, 9.17) is 0 Å². The molecule has 1 aliphatic rings. The second-order valence-corrected chi connectivity index (χ2v) is 8.92. The average Bonchev–Trinajstić information content (AvgIpc) is 2.77. The van der Waals surface area contributed by atoms with Crippen LogP contribution in [0.5, 0.6) is 0 Å². The standard InChI is InChI=1S/C28H26F6/c1-2-3-4-5-6-7-17-8-10-20-18(14-17)9-11-23-22(20)13-12-21(27(23)31)19-15-24(29)26(25(30)16-19)28(32,33)34/h8,10,12-16H,2-7,9,11H2,1H3. The summed E-state index contributed by atoms with van der Waals surface area (Å²) in [6, 6.07) is 10.4. The summed E-state index contributed by atoms with van der Waals surface area (Å²) in [7, 11) is 0. The number of hydrogen-bond acceptors (Lipinski definition) is 0. The molecule has 0 nitrogen and oxygen atoms in total. The van der Waals surface area contributed by atoms with Gasteiger partial charge in [-0.05, 0) is 71.2 Å². The molecule has 0 bridgehead atoms. The fourth-order valence-electron chi connectivity index (χ4n) is 4.80. The molecule has 180 valence electrons. The van der Waals surface area contributed by atoms with Crippen molar-refractivity contribution in [3.8, 4) is 22.3 Å². The van der Waals surface area contributed by atoms with Crippen LogP contribution in [0, 0.1) is 17.5 Å². The van der Waals surface area contributed by atoms with Crippen LogP contribution in [0.1, 0.15) is 61.3 Å². The van der Waals surface area contributed by atoms with Crippen molar-refractivity contribution >= 4 is 0 Å². The molecule has 0 saturated carbocycles. The molecule has 0 fully saturated rings. The van der Waals surface area contributed by atoms with Crippen molar-refractivity contribution in [3.63, 3.8) is 0 Å². The van der Waals surface area contributed by atoms with E-state index in [0.717, 1.165) is 24.0 Å². The second kappa shape index (κ2) is 9.85. The largest absolute Gasteiger partial charge is 0.422 e. The van der Waals surface area contributed by atoms with Crippen LogP contribution in [0.25, 0.3) is 22.3 Å². The summed E-state index contributed by atoms with van der Waals surface area (Å²) in [4.78, 5) is 0. The maximum atomic E-state index is 15.4. The number of aryl methyl sites for hydroxylation is 2. The van der Waals surface area contributed by atoms with Crippen molar-refractivity contribution in [2.24, 2.45) is 0 Å². The molecular formula is C28H26F6. The lowest BCUT2D eigenvalue weighted by Gasteiger charge is -2.23. The van der Waals surface area contributed by atoms with Crippen LogP contribution in [0.2, 0.25) is 0 Å². The number of halogens is 6. The summed E-state index contributed by atoms with van der Waals surface area (Å²) in [5.41, 5.74) is 2.10. The number of rotatable bonds is 7. The lowest BCUT2D eigenvalue weighted by molar-refractivity contribution is -0.142. The lowest BCUT2D eigenvalue weighted by atomic mass is 9.82. The van der Waals surface area contributed by atoms with E-state index >= 15 is 4.39 Å². The SMILES string of the molecule is CCCCCCCc1ccc2c(c1)CCc1c-2ccc(-c2cc(F)c(C(F)(F)F)c(F)c2)c1F. The molecule has 6 heteroatoms. The molecule has 3 aromatic carbocycles. The summed E-state index contributed by atoms with van der Waals surface area (Å²) in [6.07, 6.45) is 2.90. The Bertz CT molecular complexity index is 1170. The molecule has 0 atom stereocenters. The van der Waals surface area contributed by atoms with Crippen molar-refractivity contribution in [1.29, 1.82) is 0 Å². The highest BCUT2D eigenvalue weighted by Gasteiger charge is 2.38. The first-order valence-electron chi connectivity index (χ1n) is 11.7. The third-order valence-corrected chi connectivity index (χ3v) is 6.55. The zero-order chi connectivity index (χ0) is 24.5. The van der Waals surface area contributed by atoms with Crippen molar-refractivity contribution < 1.29 is 26.3 Å². The molecule has 0 aliphatic heterocycles. The van der Waals surface area contributed by atoms with Gasteiger partial charge in [-0.15, -0.1) is 0 Å². The number of fused-ring (bicyclic) bond motifs is 3. The minimum absolute atomic E-state index is 0.113. The Morgan fingerprint density at radius 3 is 2.06 bits per heavy atom. The fourth-order valence-corrected chi connectivity index (χ4v) is 4.80. The van der Waals surface area contributed by atoms with Crippen LogP contribution in [0.3, 0.4) is 0 Å². The van der Waals surface area contributed by atoms with Gasteiger partial charge in [-0.1, -0.05) is 62.9 Å². The van der Waals surface area contributed by atoms with E-state index in [1.807, 2.05) is 6.07 Å². The summed E-state index contributed by atoms with van der Waals surface area (Å²) in [5, 5.41) is 0. The summed E-state index contributed by atoms with van der Waals surface area (Å²) in [5.74, 6) is -4.17. The van der Waals surface area contributed by atoms with Gasteiger partial charge in [0.2, 0.25) is 0 Å². The third-order valence-electron chi connectivity index (χ3n) is 6.55. The summed E-state index contributed by atoms with van der Waals surface area (Å²) in [6.45, 7) is 2.19. The molecule has 1 aliphatic carbocycles. The minimum atomic E-state index is -5.17. The van der Waals surface area contributed by atoms with Gasteiger partial charge in [0.25, 0.3) is 0 Å². The van der Waals surface area contributed by atoms with E-state index in [0.29, 0.717) is 36.1 Å². The monoisotopic (exact) mass is 476 g/mol. The zero-order valence-electron chi connectivity index (χ0n) is 19.0. The molecule has 4 rings (SSSR count). The van der Waals surface area contributed by atoms with Crippen LogP contribution < -0.4 is 0 Å². The molecule has 0 amide bonds. The van der Waals surface area contributed by atoms with Crippen LogP contribution >= 0.6 is 0 Å². The highest BCUT2D eigenvalue weighted by Crippen LogP contribution is 2.40. The van der Waals surface area contributed by atoms with Crippen molar-refractivity contribution in [2.75, 3.05) is 0 Å². The van der Waals surface area contributed by atoms with Gasteiger partial charge in [-0.25, -0.2) is 13.2 Å². The van der Waals surface area contributed by atoms with E-state index in [2.05, 4.69) is 19.1 Å². The van der Waals surface area contributed by atoms with Gasteiger partial charge in [-0.3, -0.25) is 0 Å². The first kappa shape index (κ1) is 24.4. The smallest absolute Gasteiger partial charge is 0.206 e. The maximum absolute atomic E-state index is 15.4. The molecule has 0 radical (unpaired) electrons. The molecule has 0 heterocycles. The van der Waals surface area contributed by atoms with E-state index in [1.165, 1.54) is 37.3 Å². The number of alkyl halides is 3. The number of unbranched alkanes of at least 4 members (excludes halogenated alkanes) is 4. The number of benzene rings is 3. The molecule has 0 unspecified atom stereocenters. The highest BCUT2D eigenvalue weighted by atomic mass is 19.4. The Hall–Kier alpha value is -2.76. The average molecular weight is 477 g/mol. The normalized spacial score (nSPS) is 13.0. The molecule has 3 aromatic rings. The van der Waals surface area contributed by atoms with Gasteiger partial charge >= 0.3 is 6.18 Å². The van der Waals surface area contributed by atoms with Gasteiger partial charge in [-0.2, -0.15) is 13.2 Å². The highest BCUT2D eigenvalue weighted by molar-refractivity contribution is 5.78. The number of hydrogen-bond donors (Lipinski definition) is 0. The van der Waals surface area contributed by atoms with Gasteiger partial charge in [0, 0.05) is 5.56 Å². The lowest BCUT2D eigenvalue weighted by Crippen LogP contribution is -2.12. The molecule has 0 saturated heterocycles. The quantitative estimate of drug-likeness (QED) is 0.236. The van der Waals surface area contributed by atoms with Crippen LogP contribution in [-0.4, -0.2) is 0 Å². The Kier molecular flexibility index (Phi) is 7.06. The summed E-state index contributed by atoms with van der Waals surface area (Å²) >= 11 is 0. The fraction of sp³-hybridized carbons (Fsp3) is 0.357. The van der Waals surface area contributed by atoms with Crippen molar-refractivity contribution in [1.82, 2.24) is 0 Å². The molecule has 34 heavy (non-hydrogen) atoms. The Morgan fingerprint density at radius 2 is 1.38 bits per heavy atom. The van der Waals surface area contributed by atoms with Crippen LogP contribution in [0.15, 0.2) is 42.5 Å². The van der Waals surface area contributed by atoms with Crippen LogP contribution in [-0.2, 0) is 25.4 Å². The Morgan fingerprint density at radius 1 is 0.735 bits per heavy atom. The Labute approximate surface area is 195 Å². The topological polar surface area (TPSA) is 0 Å². The first-order valence-corrected chi connectivity index (χ1v) is 11.7. The predicted molar refractivity (Wildman–Crippen MR) is 122 cm³/mol. The predicted octanol–water partition coefficient (Wildman–Crippen LogP) is 9.07. The molecular weight excluding hydrogens is 450 g/mol. The minimum Gasteiger partial charge on any atom is -0.206 e. The van der Waals surface area contributed by atoms with Gasteiger partial charge in [0.1, 0.15) is 23.0 Å². The first-order chi connectivity index (χ1) is 16.2. The maximum Gasteiger partial charge on any atom is 0.422 e. The van der Waals surface area contributed by atoms with Crippen molar-refractivity contribution in [2.45, 2.75) is 64.5 Å². The van der Waals surface area contributed by atoms with Gasteiger partial charge < -0.3 is 0 Å². The van der Waals surface area contributed by atoms with E-state index < -0.39 is 29.2 Å².